The predicted octanol–water partition coefficient (Wildman–Crippen LogP) is 1.66. The van der Waals surface area contributed by atoms with Crippen LogP contribution >= 0.6 is 0 Å². The molecule has 0 aliphatic carbocycles. The van der Waals surface area contributed by atoms with Gasteiger partial charge in [-0.15, -0.1) is 0 Å². The van der Waals surface area contributed by atoms with Gasteiger partial charge in [0.1, 0.15) is 5.82 Å². The lowest BCUT2D eigenvalue weighted by Gasteiger charge is -2.15. The van der Waals surface area contributed by atoms with Gasteiger partial charge in [0.05, 0.1) is 12.8 Å². The number of aromatic nitrogens is 1. The van der Waals surface area contributed by atoms with Crippen LogP contribution in [-0.2, 0) is 4.74 Å². The van der Waals surface area contributed by atoms with Gasteiger partial charge in [0.15, 0.2) is 0 Å². The second-order valence-electron chi connectivity index (χ2n) is 4.18. The number of hydrogen-bond acceptors (Lipinski definition) is 3. The standard InChI is InChI=1S/C12H17FN2O/c1-16-7-6-15-5-3-10(9-15)11-2-4-14-8-12(11)13/h2,4,8,10H,3,5-7,9H2,1H3. The Morgan fingerprint density at radius 2 is 2.50 bits per heavy atom. The molecule has 88 valence electrons. The molecule has 0 N–H and O–H groups in total. The van der Waals surface area contributed by atoms with Crippen LogP contribution in [0, 0.1) is 5.82 Å². The summed E-state index contributed by atoms with van der Waals surface area (Å²) >= 11 is 0. The van der Waals surface area contributed by atoms with Gasteiger partial charge in [0.25, 0.3) is 0 Å². The van der Waals surface area contributed by atoms with Crippen LogP contribution in [0.15, 0.2) is 18.5 Å². The summed E-state index contributed by atoms with van der Waals surface area (Å²) in [6.07, 6.45) is 3.98. The van der Waals surface area contributed by atoms with Crippen molar-refractivity contribution in [2.24, 2.45) is 0 Å². The molecule has 2 rings (SSSR count). The van der Waals surface area contributed by atoms with Gasteiger partial charge in [-0.1, -0.05) is 0 Å². The minimum atomic E-state index is -0.180. The van der Waals surface area contributed by atoms with Gasteiger partial charge in [-0.2, -0.15) is 0 Å². The lowest BCUT2D eigenvalue weighted by atomic mass is 9.99. The Kier molecular flexibility index (Phi) is 3.85. The van der Waals surface area contributed by atoms with Crippen molar-refractivity contribution in [2.75, 3.05) is 33.4 Å². The van der Waals surface area contributed by atoms with Crippen LogP contribution in [0.1, 0.15) is 17.9 Å². The van der Waals surface area contributed by atoms with Crippen LogP contribution < -0.4 is 0 Å². The molecule has 2 heterocycles. The minimum Gasteiger partial charge on any atom is -0.383 e. The molecule has 0 bridgehead atoms. The molecule has 1 aromatic rings. The van der Waals surface area contributed by atoms with Crippen molar-refractivity contribution in [2.45, 2.75) is 12.3 Å². The summed E-state index contributed by atoms with van der Waals surface area (Å²) in [5, 5.41) is 0. The van der Waals surface area contributed by atoms with E-state index in [0.29, 0.717) is 5.92 Å². The van der Waals surface area contributed by atoms with Crippen LogP contribution in [0.2, 0.25) is 0 Å². The fraction of sp³-hybridized carbons (Fsp3) is 0.583. The van der Waals surface area contributed by atoms with Gasteiger partial charge in [0.2, 0.25) is 0 Å². The summed E-state index contributed by atoms with van der Waals surface area (Å²) in [6, 6.07) is 1.79. The van der Waals surface area contributed by atoms with E-state index in [-0.39, 0.29) is 5.82 Å². The van der Waals surface area contributed by atoms with Crippen LogP contribution in [0.4, 0.5) is 4.39 Å². The molecule has 1 saturated heterocycles. The molecule has 1 aliphatic rings. The molecule has 4 heteroatoms. The zero-order chi connectivity index (χ0) is 11.4. The highest BCUT2D eigenvalue weighted by Gasteiger charge is 2.25. The molecule has 1 aliphatic heterocycles. The van der Waals surface area contributed by atoms with Crippen molar-refractivity contribution >= 4 is 0 Å². The van der Waals surface area contributed by atoms with E-state index < -0.39 is 0 Å². The molecule has 1 fully saturated rings. The maximum atomic E-state index is 13.5. The van der Waals surface area contributed by atoms with E-state index in [2.05, 4.69) is 9.88 Å². The average Bonchev–Trinajstić information content (AvgIpc) is 2.75. The van der Waals surface area contributed by atoms with E-state index in [1.165, 1.54) is 6.20 Å². The zero-order valence-corrected chi connectivity index (χ0v) is 9.53. The highest BCUT2D eigenvalue weighted by atomic mass is 19.1. The van der Waals surface area contributed by atoms with Gasteiger partial charge in [-0.3, -0.25) is 4.98 Å². The first kappa shape index (κ1) is 11.5. The van der Waals surface area contributed by atoms with Gasteiger partial charge >= 0.3 is 0 Å². The average molecular weight is 224 g/mol. The lowest BCUT2D eigenvalue weighted by molar-refractivity contribution is 0.160. The van der Waals surface area contributed by atoms with Crippen molar-refractivity contribution < 1.29 is 9.13 Å². The van der Waals surface area contributed by atoms with E-state index in [0.717, 1.165) is 38.2 Å². The maximum Gasteiger partial charge on any atom is 0.144 e. The van der Waals surface area contributed by atoms with Gasteiger partial charge in [-0.05, 0) is 24.6 Å². The summed E-state index contributed by atoms with van der Waals surface area (Å²) in [5.74, 6) is 0.126. The topological polar surface area (TPSA) is 25.4 Å². The smallest absolute Gasteiger partial charge is 0.144 e. The highest BCUT2D eigenvalue weighted by Crippen LogP contribution is 2.28. The molecule has 1 unspecified atom stereocenters. The summed E-state index contributed by atoms with van der Waals surface area (Å²) in [5.41, 5.74) is 0.801. The Labute approximate surface area is 95.2 Å². The predicted molar refractivity (Wildman–Crippen MR) is 59.9 cm³/mol. The molecule has 3 nitrogen and oxygen atoms in total. The van der Waals surface area contributed by atoms with E-state index in [4.69, 9.17) is 4.74 Å². The normalized spacial score (nSPS) is 21.5. The monoisotopic (exact) mass is 224 g/mol. The minimum absolute atomic E-state index is 0.180. The fourth-order valence-electron chi connectivity index (χ4n) is 2.23. The molecular weight excluding hydrogens is 207 g/mol. The summed E-state index contributed by atoms with van der Waals surface area (Å²) in [4.78, 5) is 6.09. The quantitative estimate of drug-likeness (QED) is 0.777. The summed E-state index contributed by atoms with van der Waals surface area (Å²) < 4.78 is 18.6. The number of halogens is 1. The number of rotatable bonds is 4. The first-order chi connectivity index (χ1) is 7.81. The maximum absolute atomic E-state index is 13.5. The van der Waals surface area contributed by atoms with Gasteiger partial charge < -0.3 is 9.64 Å². The molecule has 0 radical (unpaired) electrons. The number of hydrogen-bond donors (Lipinski definition) is 0. The largest absolute Gasteiger partial charge is 0.383 e. The van der Waals surface area contributed by atoms with Crippen LogP contribution in [0.25, 0.3) is 0 Å². The van der Waals surface area contributed by atoms with E-state index in [1.807, 2.05) is 0 Å². The zero-order valence-electron chi connectivity index (χ0n) is 9.53. The van der Waals surface area contributed by atoms with Gasteiger partial charge in [-0.25, -0.2) is 4.39 Å². The molecule has 0 aromatic carbocycles. The van der Waals surface area contributed by atoms with E-state index in [9.17, 15) is 4.39 Å². The lowest BCUT2D eigenvalue weighted by Crippen LogP contribution is -2.24. The Bertz CT molecular complexity index is 346. The SMILES string of the molecule is COCCN1CCC(c2ccncc2F)C1. The Balaban J connectivity index is 1.96. The molecule has 0 spiro atoms. The van der Waals surface area contributed by atoms with Crippen molar-refractivity contribution in [3.8, 4) is 0 Å². The second-order valence-corrected chi connectivity index (χ2v) is 4.18. The number of pyridine rings is 1. The Morgan fingerprint density at radius 1 is 1.62 bits per heavy atom. The second kappa shape index (κ2) is 5.37. The number of ether oxygens (including phenoxy) is 1. The first-order valence-corrected chi connectivity index (χ1v) is 5.62. The Morgan fingerprint density at radius 3 is 3.25 bits per heavy atom. The molecule has 16 heavy (non-hydrogen) atoms. The third-order valence-corrected chi connectivity index (χ3v) is 3.13. The van der Waals surface area contributed by atoms with Crippen LogP contribution in [0.5, 0.6) is 0 Å². The summed E-state index contributed by atoms with van der Waals surface area (Å²) in [7, 11) is 1.70. The van der Waals surface area contributed by atoms with E-state index >= 15 is 0 Å². The van der Waals surface area contributed by atoms with Crippen molar-refractivity contribution in [1.29, 1.82) is 0 Å². The number of likely N-dealkylation sites (tertiary alicyclic amines) is 1. The van der Waals surface area contributed by atoms with Crippen molar-refractivity contribution in [3.63, 3.8) is 0 Å². The molecule has 1 aromatic heterocycles. The highest BCUT2D eigenvalue weighted by molar-refractivity contribution is 5.19. The number of methoxy groups -OCH3 is 1. The first-order valence-electron chi connectivity index (χ1n) is 5.62. The van der Waals surface area contributed by atoms with Gasteiger partial charge in [0, 0.05) is 32.3 Å². The summed E-state index contributed by atoms with van der Waals surface area (Å²) in [6.45, 7) is 3.62. The van der Waals surface area contributed by atoms with E-state index in [1.54, 1.807) is 19.4 Å². The third-order valence-electron chi connectivity index (χ3n) is 3.13. The number of nitrogens with zero attached hydrogens (tertiary/aromatic N) is 2. The van der Waals surface area contributed by atoms with Crippen molar-refractivity contribution in [1.82, 2.24) is 9.88 Å². The van der Waals surface area contributed by atoms with Crippen LogP contribution in [0.3, 0.4) is 0 Å². The van der Waals surface area contributed by atoms with Crippen LogP contribution in [-0.4, -0.2) is 43.2 Å². The molecule has 1 atom stereocenters. The molecule has 0 saturated carbocycles. The third kappa shape index (κ3) is 2.57. The fourth-order valence-corrected chi connectivity index (χ4v) is 2.23. The molecular formula is C12H17FN2O. The van der Waals surface area contributed by atoms with Crippen molar-refractivity contribution in [3.05, 3.63) is 29.8 Å². The molecule has 0 amide bonds. The Hall–Kier alpha value is -1.00.